The van der Waals surface area contributed by atoms with E-state index in [0.29, 0.717) is 17.5 Å². The first-order valence-corrected chi connectivity index (χ1v) is 17.3. The van der Waals surface area contributed by atoms with Crippen molar-refractivity contribution in [2.45, 2.75) is 0 Å². The zero-order valence-corrected chi connectivity index (χ0v) is 27.2. The minimum absolute atomic E-state index is 0.668. The molecule has 4 heteroatoms. The van der Waals surface area contributed by atoms with Gasteiger partial charge >= 0.3 is 0 Å². The topological polar surface area (TPSA) is 38.7 Å². The summed E-state index contributed by atoms with van der Waals surface area (Å²) in [7, 11) is 0. The highest BCUT2D eigenvalue weighted by molar-refractivity contribution is 7.25. The van der Waals surface area contributed by atoms with Crippen LogP contribution in [-0.2, 0) is 0 Å². The SMILES string of the molecule is c1ccc(-c2nc(-c3ccccc3)nc(-c3ccc4c(c3)sc3cc(-c5ccc6c7ccccc7c7ccccc7c6c5)ccc34)n2)cc1. The fraction of sp³-hybridized carbons (Fsp3) is 0. The van der Waals surface area contributed by atoms with E-state index in [1.165, 1.54) is 63.6 Å². The third-order valence-corrected chi connectivity index (χ3v) is 10.6. The lowest BCUT2D eigenvalue weighted by Gasteiger charge is -2.12. The predicted molar refractivity (Wildman–Crippen MR) is 207 cm³/mol. The summed E-state index contributed by atoms with van der Waals surface area (Å²) in [5.41, 5.74) is 5.35. The molecule has 0 radical (unpaired) electrons. The molecule has 0 spiro atoms. The van der Waals surface area contributed by atoms with Crippen LogP contribution in [0.15, 0.2) is 164 Å². The highest BCUT2D eigenvalue weighted by atomic mass is 32.1. The number of hydrogen-bond donors (Lipinski definition) is 0. The van der Waals surface area contributed by atoms with Gasteiger partial charge < -0.3 is 0 Å². The van der Waals surface area contributed by atoms with Gasteiger partial charge in [0.2, 0.25) is 0 Å². The molecule has 0 amide bonds. The molecule has 0 unspecified atom stereocenters. The molecule has 0 aliphatic heterocycles. The second-order valence-corrected chi connectivity index (χ2v) is 13.5. The van der Waals surface area contributed by atoms with Crippen molar-refractivity contribution >= 4 is 63.8 Å². The number of thiophene rings is 1. The minimum atomic E-state index is 0.668. The Morgan fingerprint density at radius 3 is 1.16 bits per heavy atom. The Kier molecular flexibility index (Phi) is 6.36. The van der Waals surface area contributed by atoms with E-state index >= 15 is 0 Å². The van der Waals surface area contributed by atoms with Crippen LogP contribution in [0.2, 0.25) is 0 Å². The smallest absolute Gasteiger partial charge is 0.164 e. The maximum absolute atomic E-state index is 4.96. The maximum atomic E-state index is 4.96. The molecule has 0 aliphatic rings. The second kappa shape index (κ2) is 11.2. The minimum Gasteiger partial charge on any atom is -0.208 e. The van der Waals surface area contributed by atoms with Crippen molar-refractivity contribution in [3.8, 4) is 45.3 Å². The molecule has 0 fully saturated rings. The van der Waals surface area contributed by atoms with Crippen molar-refractivity contribution in [3.63, 3.8) is 0 Å². The van der Waals surface area contributed by atoms with E-state index in [1.54, 1.807) is 0 Å². The van der Waals surface area contributed by atoms with Gasteiger partial charge in [-0.05, 0) is 61.6 Å². The molecule has 0 N–H and O–H groups in total. The van der Waals surface area contributed by atoms with Crippen molar-refractivity contribution in [2.24, 2.45) is 0 Å². The van der Waals surface area contributed by atoms with Gasteiger partial charge in [0.1, 0.15) is 0 Å². The van der Waals surface area contributed by atoms with Crippen molar-refractivity contribution < 1.29 is 0 Å². The molecule has 8 aromatic carbocycles. The molecule has 2 aromatic heterocycles. The van der Waals surface area contributed by atoms with Crippen LogP contribution < -0.4 is 0 Å². The highest BCUT2D eigenvalue weighted by Crippen LogP contribution is 2.40. The summed E-state index contributed by atoms with van der Waals surface area (Å²) in [6.07, 6.45) is 0. The summed E-state index contributed by atoms with van der Waals surface area (Å²) >= 11 is 1.82. The molecule has 0 atom stereocenters. The summed E-state index contributed by atoms with van der Waals surface area (Å²) in [5, 5.41) is 10.3. The molecule has 0 saturated carbocycles. The van der Waals surface area contributed by atoms with Gasteiger partial charge in [-0.15, -0.1) is 11.3 Å². The van der Waals surface area contributed by atoms with Crippen LogP contribution in [0.25, 0.3) is 97.8 Å². The molecule has 10 rings (SSSR count). The van der Waals surface area contributed by atoms with E-state index in [0.717, 1.165) is 16.7 Å². The number of nitrogens with zero attached hydrogens (tertiary/aromatic N) is 3. The average molecular weight is 642 g/mol. The predicted octanol–water partition coefficient (Wildman–Crippen LogP) is 12.4. The molecule has 228 valence electrons. The third-order valence-electron chi connectivity index (χ3n) is 9.51. The number of benzene rings is 8. The molecular formula is C45H27N3S. The van der Waals surface area contributed by atoms with E-state index in [4.69, 9.17) is 15.0 Å². The standard InChI is InChI=1S/C45H27N3S/c1-3-11-28(12-4-1)43-46-44(29-13-5-2-6-14-29)48-45(47-43)32-21-24-39-38-23-20-31(26-41(38)49-42(39)27-32)30-19-22-37-35-17-8-7-15-33(35)34-16-9-10-18-36(34)40(37)25-30/h1-27H. The zero-order chi connectivity index (χ0) is 32.3. The van der Waals surface area contributed by atoms with Crippen molar-refractivity contribution in [1.29, 1.82) is 0 Å². The van der Waals surface area contributed by atoms with Crippen LogP contribution in [-0.4, -0.2) is 15.0 Å². The Morgan fingerprint density at radius 2 is 0.633 bits per heavy atom. The average Bonchev–Trinajstić information content (AvgIpc) is 3.55. The van der Waals surface area contributed by atoms with Gasteiger partial charge in [0, 0.05) is 36.9 Å². The van der Waals surface area contributed by atoms with Gasteiger partial charge in [0.05, 0.1) is 0 Å². The van der Waals surface area contributed by atoms with Crippen LogP contribution in [0, 0.1) is 0 Å². The number of aromatic nitrogens is 3. The Balaban J connectivity index is 1.09. The lowest BCUT2D eigenvalue weighted by Crippen LogP contribution is -1.99. The van der Waals surface area contributed by atoms with Crippen LogP contribution in [0.5, 0.6) is 0 Å². The summed E-state index contributed by atoms with van der Waals surface area (Å²) in [6.45, 7) is 0. The molecule has 10 aromatic rings. The molecule has 0 saturated heterocycles. The van der Waals surface area contributed by atoms with Gasteiger partial charge in [0.25, 0.3) is 0 Å². The fourth-order valence-corrected chi connectivity index (χ4v) is 8.31. The van der Waals surface area contributed by atoms with Crippen molar-refractivity contribution in [2.75, 3.05) is 0 Å². The van der Waals surface area contributed by atoms with Crippen molar-refractivity contribution in [3.05, 3.63) is 164 Å². The lowest BCUT2D eigenvalue weighted by molar-refractivity contribution is 1.07. The largest absolute Gasteiger partial charge is 0.208 e. The normalized spacial score (nSPS) is 11.7. The van der Waals surface area contributed by atoms with E-state index in [2.05, 4.69) is 103 Å². The Morgan fingerprint density at radius 1 is 0.265 bits per heavy atom. The molecule has 0 aliphatic carbocycles. The van der Waals surface area contributed by atoms with Gasteiger partial charge in [-0.1, -0.05) is 146 Å². The quantitative estimate of drug-likeness (QED) is 0.180. The Bertz CT molecular complexity index is 2780. The Hall–Kier alpha value is -6.23. The fourth-order valence-electron chi connectivity index (χ4n) is 7.12. The zero-order valence-electron chi connectivity index (χ0n) is 26.3. The van der Waals surface area contributed by atoms with E-state index in [1.807, 2.05) is 72.0 Å². The monoisotopic (exact) mass is 641 g/mol. The summed E-state index contributed by atoms with van der Waals surface area (Å²) in [5.74, 6) is 2.01. The highest BCUT2D eigenvalue weighted by Gasteiger charge is 2.15. The maximum Gasteiger partial charge on any atom is 0.164 e. The summed E-state index contributed by atoms with van der Waals surface area (Å²) in [6, 6.07) is 58.1. The van der Waals surface area contributed by atoms with Crippen LogP contribution >= 0.6 is 11.3 Å². The lowest BCUT2D eigenvalue weighted by atomic mass is 9.92. The van der Waals surface area contributed by atoms with Crippen molar-refractivity contribution in [1.82, 2.24) is 15.0 Å². The Labute approximate surface area is 286 Å². The first-order chi connectivity index (χ1) is 24.3. The van der Waals surface area contributed by atoms with Gasteiger partial charge in [-0.3, -0.25) is 0 Å². The first-order valence-electron chi connectivity index (χ1n) is 16.4. The van der Waals surface area contributed by atoms with Gasteiger partial charge in [0.15, 0.2) is 17.5 Å². The van der Waals surface area contributed by atoms with E-state index < -0.39 is 0 Å². The summed E-state index contributed by atoms with van der Waals surface area (Å²) < 4.78 is 2.47. The van der Waals surface area contributed by atoms with Crippen LogP contribution in [0.4, 0.5) is 0 Å². The van der Waals surface area contributed by atoms with Crippen LogP contribution in [0.3, 0.4) is 0 Å². The number of hydrogen-bond acceptors (Lipinski definition) is 4. The third kappa shape index (κ3) is 4.68. The van der Waals surface area contributed by atoms with E-state index in [-0.39, 0.29) is 0 Å². The van der Waals surface area contributed by atoms with Crippen LogP contribution in [0.1, 0.15) is 0 Å². The second-order valence-electron chi connectivity index (χ2n) is 12.4. The van der Waals surface area contributed by atoms with Gasteiger partial charge in [-0.2, -0.15) is 0 Å². The molecular weight excluding hydrogens is 615 g/mol. The van der Waals surface area contributed by atoms with E-state index in [9.17, 15) is 0 Å². The van der Waals surface area contributed by atoms with Gasteiger partial charge in [-0.25, -0.2) is 15.0 Å². The molecule has 3 nitrogen and oxygen atoms in total. The molecule has 49 heavy (non-hydrogen) atoms. The molecule has 2 heterocycles. The first kappa shape index (κ1) is 27.8. The molecule has 0 bridgehead atoms. The number of fused-ring (bicyclic) bond motifs is 9. The summed E-state index contributed by atoms with van der Waals surface area (Å²) in [4.78, 5) is 14.8. The number of rotatable bonds is 4.